The van der Waals surface area contributed by atoms with Gasteiger partial charge in [0.05, 0.1) is 0 Å². The molecule has 1 aromatic rings. The molecule has 0 spiro atoms. The smallest absolute Gasteiger partial charge is 0.408 e. The van der Waals surface area contributed by atoms with Crippen LogP contribution in [0.25, 0.3) is 0 Å². The van der Waals surface area contributed by atoms with Gasteiger partial charge in [-0.2, -0.15) is 0 Å². The van der Waals surface area contributed by atoms with E-state index in [1.54, 1.807) is 39.0 Å². The lowest BCUT2D eigenvalue weighted by atomic mass is 9.97. The SMILES string of the molecule is CCCCCCCN(C(=O)C(CC(C)C)NC(=O)OC(C)(C)C)C(C(=O)NC(C)(C)C)c1ccccc1O. The molecule has 3 N–H and O–H groups in total. The number of phenolic OH excluding ortho intramolecular Hbond substituents is 1. The van der Waals surface area contributed by atoms with Crippen LogP contribution in [-0.4, -0.2) is 51.6 Å². The van der Waals surface area contributed by atoms with Crippen LogP contribution < -0.4 is 10.6 Å². The third-order valence-electron chi connectivity index (χ3n) is 5.77. The fraction of sp³-hybridized carbons (Fsp3) is 0.700. The second kappa shape index (κ2) is 15.0. The summed E-state index contributed by atoms with van der Waals surface area (Å²) in [6, 6.07) is 4.64. The zero-order valence-electron chi connectivity index (χ0n) is 25.0. The maximum Gasteiger partial charge on any atom is 0.408 e. The summed E-state index contributed by atoms with van der Waals surface area (Å²) in [5.74, 6) is -0.734. The van der Waals surface area contributed by atoms with E-state index in [0.717, 1.165) is 25.7 Å². The van der Waals surface area contributed by atoms with E-state index >= 15 is 0 Å². The number of amides is 3. The standard InChI is InChI=1S/C30H51N3O5/c1-10-11-12-13-16-19-33(27(36)23(20-21(2)3)31-28(37)38-30(7,8)9)25(26(35)32-29(4,5)6)22-17-14-15-18-24(22)34/h14-15,17-18,21,23,25,34H,10-13,16,19-20H2,1-9H3,(H,31,37)(H,32,35). The molecule has 38 heavy (non-hydrogen) atoms. The summed E-state index contributed by atoms with van der Waals surface area (Å²) in [6.45, 7) is 17.3. The van der Waals surface area contributed by atoms with Crippen molar-refractivity contribution >= 4 is 17.9 Å². The van der Waals surface area contributed by atoms with Crippen molar-refractivity contribution in [3.8, 4) is 5.75 Å². The molecule has 216 valence electrons. The topological polar surface area (TPSA) is 108 Å². The fourth-order valence-electron chi connectivity index (χ4n) is 4.20. The van der Waals surface area contributed by atoms with Gasteiger partial charge in [0, 0.05) is 17.6 Å². The lowest BCUT2D eigenvalue weighted by Gasteiger charge is -2.36. The van der Waals surface area contributed by atoms with Crippen molar-refractivity contribution in [3.05, 3.63) is 29.8 Å². The van der Waals surface area contributed by atoms with Crippen LogP contribution in [0.3, 0.4) is 0 Å². The molecule has 8 heteroatoms. The van der Waals surface area contributed by atoms with Crippen LogP contribution in [0.2, 0.25) is 0 Å². The number of hydrogen-bond acceptors (Lipinski definition) is 5. The van der Waals surface area contributed by atoms with Crippen molar-refractivity contribution in [3.63, 3.8) is 0 Å². The van der Waals surface area contributed by atoms with Crippen molar-refractivity contribution < 1.29 is 24.2 Å². The summed E-state index contributed by atoms with van der Waals surface area (Å²) in [5.41, 5.74) is -0.932. The predicted octanol–water partition coefficient (Wildman–Crippen LogP) is 6.09. The van der Waals surface area contributed by atoms with E-state index in [0.29, 0.717) is 24.9 Å². The third-order valence-corrected chi connectivity index (χ3v) is 5.77. The first-order chi connectivity index (χ1) is 17.6. The van der Waals surface area contributed by atoms with E-state index in [2.05, 4.69) is 17.6 Å². The van der Waals surface area contributed by atoms with Gasteiger partial charge in [-0.05, 0) is 66.4 Å². The number of hydrogen-bond donors (Lipinski definition) is 3. The van der Waals surface area contributed by atoms with Gasteiger partial charge in [0.25, 0.3) is 0 Å². The molecule has 2 unspecified atom stereocenters. The van der Waals surface area contributed by atoms with E-state index in [4.69, 9.17) is 4.74 Å². The highest BCUT2D eigenvalue weighted by molar-refractivity contribution is 5.92. The van der Waals surface area contributed by atoms with Gasteiger partial charge in [0.1, 0.15) is 23.4 Å². The Bertz CT molecular complexity index is 902. The number of aromatic hydroxyl groups is 1. The second-order valence-corrected chi connectivity index (χ2v) is 12.5. The first kappa shape index (κ1) is 33.3. The van der Waals surface area contributed by atoms with Gasteiger partial charge in [-0.1, -0.05) is 64.7 Å². The quantitative estimate of drug-likeness (QED) is 0.266. The van der Waals surface area contributed by atoms with Gasteiger partial charge in [-0.25, -0.2) is 4.79 Å². The zero-order valence-corrected chi connectivity index (χ0v) is 25.0. The molecule has 0 radical (unpaired) electrons. The van der Waals surface area contributed by atoms with Gasteiger partial charge in [-0.3, -0.25) is 9.59 Å². The summed E-state index contributed by atoms with van der Waals surface area (Å²) >= 11 is 0. The summed E-state index contributed by atoms with van der Waals surface area (Å²) < 4.78 is 5.44. The molecule has 8 nitrogen and oxygen atoms in total. The largest absolute Gasteiger partial charge is 0.508 e. The highest BCUT2D eigenvalue weighted by Crippen LogP contribution is 2.31. The molecule has 0 heterocycles. The number of nitrogens with one attached hydrogen (secondary N) is 2. The maximum atomic E-state index is 14.2. The van der Waals surface area contributed by atoms with Crippen molar-refractivity contribution in [1.82, 2.24) is 15.5 Å². The van der Waals surface area contributed by atoms with Crippen LogP contribution in [0.15, 0.2) is 24.3 Å². The number of carbonyl (C=O) groups excluding carboxylic acids is 3. The summed E-state index contributed by atoms with van der Waals surface area (Å²) in [4.78, 5) is 42.1. The number of para-hydroxylation sites is 1. The molecule has 0 bridgehead atoms. The molecular formula is C30H51N3O5. The van der Waals surface area contributed by atoms with E-state index < -0.39 is 29.3 Å². The summed E-state index contributed by atoms with van der Waals surface area (Å²) in [7, 11) is 0. The Balaban J connectivity index is 3.52. The van der Waals surface area contributed by atoms with E-state index in [9.17, 15) is 19.5 Å². The van der Waals surface area contributed by atoms with Crippen LogP contribution in [-0.2, 0) is 14.3 Å². The first-order valence-corrected chi connectivity index (χ1v) is 14.0. The van der Waals surface area contributed by atoms with Crippen molar-refractivity contribution in [2.45, 2.75) is 124 Å². The van der Waals surface area contributed by atoms with Crippen LogP contribution in [0.5, 0.6) is 5.75 Å². The van der Waals surface area contributed by atoms with E-state index in [1.807, 2.05) is 34.6 Å². The van der Waals surface area contributed by atoms with Crippen molar-refractivity contribution in [2.24, 2.45) is 5.92 Å². The molecule has 1 aromatic carbocycles. The molecule has 3 amide bonds. The number of phenols is 1. The van der Waals surface area contributed by atoms with Gasteiger partial charge >= 0.3 is 6.09 Å². The number of ether oxygens (including phenoxy) is 1. The molecular weight excluding hydrogens is 482 g/mol. The second-order valence-electron chi connectivity index (χ2n) is 12.5. The van der Waals surface area contributed by atoms with Crippen LogP contribution in [0, 0.1) is 5.92 Å². The van der Waals surface area contributed by atoms with E-state index in [-0.39, 0.29) is 23.5 Å². The molecule has 0 aliphatic heterocycles. The average molecular weight is 534 g/mol. The molecule has 0 saturated carbocycles. The first-order valence-electron chi connectivity index (χ1n) is 14.0. The lowest BCUT2D eigenvalue weighted by molar-refractivity contribution is -0.143. The van der Waals surface area contributed by atoms with Crippen LogP contribution in [0.4, 0.5) is 4.79 Å². The van der Waals surface area contributed by atoms with Gasteiger partial charge < -0.3 is 25.4 Å². The zero-order chi connectivity index (χ0) is 29.1. The van der Waals surface area contributed by atoms with Crippen LogP contribution >= 0.6 is 0 Å². The predicted molar refractivity (Wildman–Crippen MR) is 152 cm³/mol. The highest BCUT2D eigenvalue weighted by atomic mass is 16.6. The Morgan fingerprint density at radius 2 is 1.58 bits per heavy atom. The Morgan fingerprint density at radius 3 is 2.11 bits per heavy atom. The number of unbranched alkanes of at least 4 members (excludes halogenated alkanes) is 4. The minimum Gasteiger partial charge on any atom is -0.508 e. The van der Waals surface area contributed by atoms with Crippen LogP contribution in [0.1, 0.15) is 112 Å². The van der Waals surface area contributed by atoms with Gasteiger partial charge in [0.15, 0.2) is 0 Å². The molecule has 2 atom stereocenters. The molecule has 0 aromatic heterocycles. The minimum absolute atomic E-state index is 0.0640. The molecule has 0 aliphatic rings. The fourth-order valence-corrected chi connectivity index (χ4v) is 4.20. The molecule has 0 saturated heterocycles. The third kappa shape index (κ3) is 12.2. The minimum atomic E-state index is -1.07. The number of benzene rings is 1. The molecule has 1 rings (SSSR count). The Hall–Kier alpha value is -2.77. The summed E-state index contributed by atoms with van der Waals surface area (Å²) in [5, 5.41) is 16.5. The van der Waals surface area contributed by atoms with Gasteiger partial charge in [-0.15, -0.1) is 0 Å². The monoisotopic (exact) mass is 533 g/mol. The molecule has 0 aliphatic carbocycles. The maximum absolute atomic E-state index is 14.2. The number of alkyl carbamates (subject to hydrolysis) is 1. The average Bonchev–Trinajstić information content (AvgIpc) is 2.75. The normalized spacial score (nSPS) is 13.5. The molecule has 0 fully saturated rings. The summed E-state index contributed by atoms with van der Waals surface area (Å²) in [6.07, 6.45) is 4.50. The van der Waals surface area contributed by atoms with Gasteiger partial charge in [0.2, 0.25) is 11.8 Å². The Labute approximate surface area is 229 Å². The highest BCUT2D eigenvalue weighted by Gasteiger charge is 2.38. The number of carbonyl (C=O) groups is 3. The van der Waals surface area contributed by atoms with Crippen molar-refractivity contribution in [1.29, 1.82) is 0 Å². The lowest BCUT2D eigenvalue weighted by Crippen LogP contribution is -2.55. The number of nitrogens with zero attached hydrogens (tertiary/aromatic N) is 1. The van der Waals surface area contributed by atoms with Crippen molar-refractivity contribution in [2.75, 3.05) is 6.54 Å². The number of rotatable bonds is 13. The van der Waals surface area contributed by atoms with E-state index in [1.165, 1.54) is 11.0 Å². The Morgan fingerprint density at radius 1 is 0.974 bits per heavy atom. The Kier molecular flexibility index (Phi) is 13.1.